The van der Waals surface area contributed by atoms with Gasteiger partial charge in [-0.05, 0) is 33.2 Å². The van der Waals surface area contributed by atoms with Crippen molar-refractivity contribution in [1.29, 1.82) is 0 Å². The van der Waals surface area contributed by atoms with E-state index in [2.05, 4.69) is 15.5 Å². The molecule has 1 aliphatic rings. The zero-order valence-corrected chi connectivity index (χ0v) is 12.5. The minimum Gasteiger partial charge on any atom is -0.315 e. The highest BCUT2D eigenvalue weighted by Crippen LogP contribution is 2.25. The molecule has 1 fully saturated rings. The molecule has 19 heavy (non-hydrogen) atoms. The summed E-state index contributed by atoms with van der Waals surface area (Å²) in [5, 5.41) is 10.0. The van der Waals surface area contributed by atoms with Gasteiger partial charge in [0.2, 0.25) is 10.0 Å². The van der Waals surface area contributed by atoms with Crippen molar-refractivity contribution in [3.05, 3.63) is 11.4 Å². The van der Waals surface area contributed by atoms with Crippen molar-refractivity contribution in [2.75, 3.05) is 19.6 Å². The van der Waals surface area contributed by atoms with Crippen molar-refractivity contribution in [1.82, 2.24) is 19.8 Å². The van der Waals surface area contributed by atoms with Crippen molar-refractivity contribution in [3.8, 4) is 0 Å². The largest absolute Gasteiger partial charge is 0.315 e. The second-order valence-electron chi connectivity index (χ2n) is 4.97. The summed E-state index contributed by atoms with van der Waals surface area (Å²) in [6.07, 6.45) is 1.93. The third-order valence-electron chi connectivity index (χ3n) is 3.62. The Hall–Kier alpha value is -0.920. The number of rotatable bonds is 4. The molecular weight excluding hydrogens is 264 g/mol. The monoisotopic (exact) mass is 286 g/mol. The number of aromatic nitrogens is 2. The molecule has 7 heteroatoms. The molecule has 2 heterocycles. The second kappa shape index (κ2) is 5.60. The predicted octanol–water partition coefficient (Wildman–Crippen LogP) is 0.789. The fourth-order valence-corrected chi connectivity index (χ4v) is 4.74. The van der Waals surface area contributed by atoms with Crippen LogP contribution in [-0.4, -0.2) is 48.6 Å². The molecule has 0 radical (unpaired) electrons. The summed E-state index contributed by atoms with van der Waals surface area (Å²) in [4.78, 5) is 0.333. The number of hydrogen-bond acceptors (Lipinski definition) is 4. The predicted molar refractivity (Wildman–Crippen MR) is 73.5 cm³/mol. The molecule has 0 spiro atoms. The summed E-state index contributed by atoms with van der Waals surface area (Å²) in [7, 11) is -3.47. The number of aryl methyl sites for hydroxylation is 2. The number of nitrogens with zero attached hydrogens (tertiary/aromatic N) is 2. The average Bonchev–Trinajstić information content (AvgIpc) is 2.71. The highest BCUT2D eigenvalue weighted by molar-refractivity contribution is 7.89. The zero-order chi connectivity index (χ0) is 14.0. The van der Waals surface area contributed by atoms with E-state index in [4.69, 9.17) is 0 Å². The van der Waals surface area contributed by atoms with Gasteiger partial charge in [-0.25, -0.2) is 8.42 Å². The van der Waals surface area contributed by atoms with Gasteiger partial charge in [0.1, 0.15) is 4.90 Å². The van der Waals surface area contributed by atoms with Gasteiger partial charge in [-0.3, -0.25) is 5.10 Å². The Morgan fingerprint density at radius 3 is 2.63 bits per heavy atom. The summed E-state index contributed by atoms with van der Waals surface area (Å²) in [5.41, 5.74) is 1.15. The number of likely N-dealkylation sites (N-methyl/N-ethyl adjacent to an activating group) is 1. The lowest BCUT2D eigenvalue weighted by Gasteiger charge is -2.33. The molecule has 1 aromatic heterocycles. The maximum absolute atomic E-state index is 12.8. The van der Waals surface area contributed by atoms with Gasteiger partial charge in [-0.15, -0.1) is 0 Å². The molecule has 0 aromatic carbocycles. The van der Waals surface area contributed by atoms with Gasteiger partial charge in [0.05, 0.1) is 11.4 Å². The normalized spacial score (nSPS) is 20.9. The summed E-state index contributed by atoms with van der Waals surface area (Å²) >= 11 is 0. The van der Waals surface area contributed by atoms with E-state index in [0.717, 1.165) is 25.9 Å². The molecule has 1 saturated heterocycles. The molecule has 1 aliphatic heterocycles. The van der Waals surface area contributed by atoms with Crippen LogP contribution in [0.4, 0.5) is 0 Å². The van der Waals surface area contributed by atoms with Crippen LogP contribution in [0.1, 0.15) is 31.2 Å². The van der Waals surface area contributed by atoms with Crippen molar-refractivity contribution in [2.45, 2.75) is 44.6 Å². The van der Waals surface area contributed by atoms with E-state index in [9.17, 15) is 8.42 Å². The fraction of sp³-hybridized carbons (Fsp3) is 0.750. The average molecular weight is 286 g/mol. The maximum atomic E-state index is 12.8. The van der Waals surface area contributed by atoms with Crippen LogP contribution >= 0.6 is 0 Å². The van der Waals surface area contributed by atoms with E-state index in [0.29, 0.717) is 22.8 Å². The molecule has 0 saturated carbocycles. The van der Waals surface area contributed by atoms with Crippen LogP contribution in [0, 0.1) is 13.8 Å². The number of sulfonamides is 1. The van der Waals surface area contributed by atoms with Crippen LogP contribution in [0.3, 0.4) is 0 Å². The highest BCUT2D eigenvalue weighted by Gasteiger charge is 2.34. The van der Waals surface area contributed by atoms with Crippen molar-refractivity contribution >= 4 is 10.0 Å². The lowest BCUT2D eigenvalue weighted by Crippen LogP contribution is -2.48. The van der Waals surface area contributed by atoms with E-state index >= 15 is 0 Å². The Morgan fingerprint density at radius 2 is 2.16 bits per heavy atom. The second-order valence-corrected chi connectivity index (χ2v) is 6.80. The minimum absolute atomic E-state index is 0.0393. The summed E-state index contributed by atoms with van der Waals surface area (Å²) in [6.45, 7) is 7.54. The van der Waals surface area contributed by atoms with Crippen LogP contribution in [0.15, 0.2) is 4.90 Å². The Balaban J connectivity index is 2.36. The van der Waals surface area contributed by atoms with Crippen LogP contribution < -0.4 is 5.32 Å². The third-order valence-corrected chi connectivity index (χ3v) is 5.91. The van der Waals surface area contributed by atoms with Crippen molar-refractivity contribution < 1.29 is 8.42 Å². The zero-order valence-electron chi connectivity index (χ0n) is 11.7. The molecule has 6 nitrogen and oxygen atoms in total. The first-order valence-corrected chi connectivity index (χ1v) is 8.16. The van der Waals surface area contributed by atoms with E-state index in [-0.39, 0.29) is 6.04 Å². The molecule has 108 valence electrons. The lowest BCUT2D eigenvalue weighted by atomic mass is 10.1. The first-order valence-electron chi connectivity index (χ1n) is 6.72. The quantitative estimate of drug-likeness (QED) is 0.858. The SMILES string of the molecule is CCN(C1CCCNC1)S(=O)(=O)c1c(C)n[nH]c1C. The van der Waals surface area contributed by atoms with Crippen LogP contribution in [0.5, 0.6) is 0 Å². The van der Waals surface area contributed by atoms with Gasteiger partial charge in [-0.1, -0.05) is 6.92 Å². The summed E-state index contributed by atoms with van der Waals surface area (Å²) in [6, 6.07) is 0.0393. The van der Waals surface area contributed by atoms with E-state index in [1.165, 1.54) is 0 Å². The van der Waals surface area contributed by atoms with E-state index in [1.54, 1.807) is 18.2 Å². The van der Waals surface area contributed by atoms with Gasteiger partial charge >= 0.3 is 0 Å². The Morgan fingerprint density at radius 1 is 1.42 bits per heavy atom. The number of hydrogen-bond donors (Lipinski definition) is 2. The maximum Gasteiger partial charge on any atom is 0.247 e. The molecule has 1 aromatic rings. The Kier molecular flexibility index (Phi) is 4.27. The van der Waals surface area contributed by atoms with Crippen molar-refractivity contribution in [2.24, 2.45) is 0 Å². The molecule has 1 unspecified atom stereocenters. The first kappa shape index (κ1) is 14.5. The number of piperidine rings is 1. The summed E-state index contributed by atoms with van der Waals surface area (Å²) < 4.78 is 27.2. The fourth-order valence-electron chi connectivity index (χ4n) is 2.74. The smallest absolute Gasteiger partial charge is 0.247 e. The van der Waals surface area contributed by atoms with Crippen molar-refractivity contribution in [3.63, 3.8) is 0 Å². The Bertz CT molecular complexity index is 512. The molecule has 0 aliphatic carbocycles. The van der Waals surface area contributed by atoms with Crippen LogP contribution in [0.25, 0.3) is 0 Å². The lowest BCUT2D eigenvalue weighted by molar-refractivity contribution is 0.274. The van der Waals surface area contributed by atoms with Gasteiger partial charge in [0.15, 0.2) is 0 Å². The number of nitrogens with one attached hydrogen (secondary N) is 2. The molecule has 0 bridgehead atoms. The van der Waals surface area contributed by atoms with Crippen LogP contribution in [-0.2, 0) is 10.0 Å². The number of aromatic amines is 1. The van der Waals surface area contributed by atoms with Gasteiger partial charge in [0, 0.05) is 19.1 Å². The molecule has 2 N–H and O–H groups in total. The minimum atomic E-state index is -3.47. The highest BCUT2D eigenvalue weighted by atomic mass is 32.2. The Labute approximate surface area is 114 Å². The number of H-pyrrole nitrogens is 1. The first-order chi connectivity index (χ1) is 8.98. The van der Waals surface area contributed by atoms with Gasteiger partial charge in [0.25, 0.3) is 0 Å². The van der Waals surface area contributed by atoms with E-state index in [1.807, 2.05) is 6.92 Å². The summed E-state index contributed by atoms with van der Waals surface area (Å²) in [5.74, 6) is 0. The topological polar surface area (TPSA) is 78.1 Å². The van der Waals surface area contributed by atoms with Crippen LogP contribution in [0.2, 0.25) is 0 Å². The third kappa shape index (κ3) is 2.68. The molecule has 2 rings (SSSR count). The molecule has 0 amide bonds. The van der Waals surface area contributed by atoms with E-state index < -0.39 is 10.0 Å². The standard InChI is InChI=1S/C12H22N4O2S/c1-4-16(11-6-5-7-13-8-11)19(17,18)12-9(2)14-15-10(12)3/h11,13H,4-8H2,1-3H3,(H,14,15). The molecule has 1 atom stereocenters. The van der Waals surface area contributed by atoms with Gasteiger partial charge < -0.3 is 5.32 Å². The molecular formula is C12H22N4O2S. The van der Waals surface area contributed by atoms with Gasteiger partial charge in [-0.2, -0.15) is 9.40 Å².